The standard InChI is InChI=1S/C29H31N5O3/c30-21-24-20-23(5-8-28(24)37-26-10-16-35-17-11-26)27-9-12-31-29(33-27)32-25-6-3-22(4-7-25)2-1-13-34-14-18-36-19-15-34/h1-9,12,20,26H,10-11,13-19H2,(H,31,32,33). The van der Waals surface area contributed by atoms with Crippen molar-refractivity contribution in [3.8, 4) is 23.1 Å². The van der Waals surface area contributed by atoms with Crippen molar-refractivity contribution >= 4 is 17.7 Å². The summed E-state index contributed by atoms with van der Waals surface area (Å²) < 4.78 is 16.9. The third-order valence-corrected chi connectivity index (χ3v) is 6.46. The van der Waals surface area contributed by atoms with Crippen LogP contribution in [0.2, 0.25) is 0 Å². The van der Waals surface area contributed by atoms with Gasteiger partial charge in [-0.1, -0.05) is 24.3 Å². The molecule has 5 rings (SSSR count). The molecule has 8 nitrogen and oxygen atoms in total. The molecule has 2 aromatic carbocycles. The molecule has 8 heteroatoms. The van der Waals surface area contributed by atoms with Crippen LogP contribution in [0.4, 0.5) is 11.6 Å². The number of anilines is 2. The van der Waals surface area contributed by atoms with Gasteiger partial charge >= 0.3 is 0 Å². The highest BCUT2D eigenvalue weighted by atomic mass is 16.5. The Kier molecular flexibility index (Phi) is 8.39. The van der Waals surface area contributed by atoms with Crippen molar-refractivity contribution in [1.29, 1.82) is 5.26 Å². The summed E-state index contributed by atoms with van der Waals surface area (Å²) in [6.07, 6.45) is 7.78. The van der Waals surface area contributed by atoms with Gasteiger partial charge in [-0.25, -0.2) is 9.97 Å². The molecule has 0 saturated carbocycles. The molecule has 1 N–H and O–H groups in total. The summed E-state index contributed by atoms with van der Waals surface area (Å²) in [7, 11) is 0. The number of hydrogen-bond donors (Lipinski definition) is 1. The maximum Gasteiger partial charge on any atom is 0.227 e. The monoisotopic (exact) mass is 497 g/mol. The molecular weight excluding hydrogens is 466 g/mol. The topological polar surface area (TPSA) is 92.5 Å². The molecule has 0 atom stereocenters. The van der Waals surface area contributed by atoms with Gasteiger partial charge in [-0.2, -0.15) is 5.26 Å². The third-order valence-electron chi connectivity index (χ3n) is 6.46. The van der Waals surface area contributed by atoms with Gasteiger partial charge in [0.05, 0.1) is 37.7 Å². The highest BCUT2D eigenvalue weighted by Gasteiger charge is 2.17. The summed E-state index contributed by atoms with van der Waals surface area (Å²) in [5, 5.41) is 13.0. The normalized spacial score (nSPS) is 16.9. The largest absolute Gasteiger partial charge is 0.489 e. The van der Waals surface area contributed by atoms with Crippen molar-refractivity contribution in [3.63, 3.8) is 0 Å². The average molecular weight is 498 g/mol. The van der Waals surface area contributed by atoms with Gasteiger partial charge in [-0.15, -0.1) is 0 Å². The summed E-state index contributed by atoms with van der Waals surface area (Å²) in [5.41, 5.74) is 4.10. The lowest BCUT2D eigenvalue weighted by Crippen LogP contribution is -2.36. The number of hydrogen-bond acceptors (Lipinski definition) is 8. The molecule has 2 fully saturated rings. The van der Waals surface area contributed by atoms with Gasteiger partial charge in [0.1, 0.15) is 17.9 Å². The van der Waals surface area contributed by atoms with Gasteiger partial charge in [0.15, 0.2) is 0 Å². The number of nitrogens with zero attached hydrogens (tertiary/aromatic N) is 4. The first kappa shape index (κ1) is 24.9. The van der Waals surface area contributed by atoms with E-state index in [9.17, 15) is 5.26 Å². The summed E-state index contributed by atoms with van der Waals surface area (Å²) in [6, 6.07) is 17.9. The minimum Gasteiger partial charge on any atom is -0.489 e. The zero-order chi connectivity index (χ0) is 25.3. The molecule has 2 aliphatic heterocycles. The van der Waals surface area contributed by atoms with E-state index >= 15 is 0 Å². The molecule has 1 aromatic heterocycles. The van der Waals surface area contributed by atoms with Crippen molar-refractivity contribution in [2.24, 2.45) is 0 Å². The summed E-state index contributed by atoms with van der Waals surface area (Å²) in [5.74, 6) is 1.10. The first-order valence-corrected chi connectivity index (χ1v) is 12.7. The van der Waals surface area contributed by atoms with Crippen LogP contribution in [0.3, 0.4) is 0 Å². The van der Waals surface area contributed by atoms with Crippen LogP contribution < -0.4 is 10.1 Å². The van der Waals surface area contributed by atoms with Gasteiger partial charge in [0.25, 0.3) is 0 Å². The molecule has 0 radical (unpaired) electrons. The van der Waals surface area contributed by atoms with Crippen molar-refractivity contribution in [2.75, 3.05) is 51.4 Å². The fourth-order valence-electron chi connectivity index (χ4n) is 4.36. The zero-order valence-electron chi connectivity index (χ0n) is 20.8. The summed E-state index contributed by atoms with van der Waals surface area (Å²) in [6.45, 7) is 5.91. The molecule has 2 aliphatic rings. The van der Waals surface area contributed by atoms with E-state index in [1.54, 1.807) is 6.20 Å². The van der Waals surface area contributed by atoms with E-state index in [1.165, 1.54) is 0 Å². The Morgan fingerprint density at radius 1 is 1.03 bits per heavy atom. The predicted octanol–water partition coefficient (Wildman–Crippen LogP) is 4.66. The van der Waals surface area contributed by atoms with Crippen LogP contribution in [-0.2, 0) is 9.47 Å². The van der Waals surface area contributed by atoms with Gasteiger partial charge in [-0.3, -0.25) is 4.90 Å². The Morgan fingerprint density at radius 3 is 2.59 bits per heavy atom. The quantitative estimate of drug-likeness (QED) is 0.480. The number of rotatable bonds is 8. The maximum atomic E-state index is 9.70. The zero-order valence-corrected chi connectivity index (χ0v) is 20.8. The molecule has 0 aliphatic carbocycles. The number of ether oxygens (including phenoxy) is 3. The van der Waals surface area contributed by atoms with E-state index in [2.05, 4.69) is 50.5 Å². The van der Waals surface area contributed by atoms with Gasteiger partial charge in [-0.05, 0) is 42.0 Å². The lowest BCUT2D eigenvalue weighted by atomic mass is 10.1. The summed E-state index contributed by atoms with van der Waals surface area (Å²) >= 11 is 0. The van der Waals surface area contributed by atoms with Crippen molar-refractivity contribution in [3.05, 3.63) is 71.9 Å². The van der Waals surface area contributed by atoms with Crippen LogP contribution in [0.1, 0.15) is 24.0 Å². The number of morpholine rings is 1. The second-order valence-corrected chi connectivity index (χ2v) is 9.08. The van der Waals surface area contributed by atoms with Crippen LogP contribution >= 0.6 is 0 Å². The fourth-order valence-corrected chi connectivity index (χ4v) is 4.36. The van der Waals surface area contributed by atoms with E-state index < -0.39 is 0 Å². The second kappa shape index (κ2) is 12.5. The molecule has 2 saturated heterocycles. The third kappa shape index (κ3) is 6.92. The first-order valence-electron chi connectivity index (χ1n) is 12.7. The lowest BCUT2D eigenvalue weighted by Gasteiger charge is -2.25. The summed E-state index contributed by atoms with van der Waals surface area (Å²) in [4.78, 5) is 11.4. The average Bonchev–Trinajstić information content (AvgIpc) is 2.95. The van der Waals surface area contributed by atoms with Crippen molar-refractivity contribution in [1.82, 2.24) is 14.9 Å². The van der Waals surface area contributed by atoms with Crippen LogP contribution in [0.15, 0.2) is 60.8 Å². The van der Waals surface area contributed by atoms with Crippen LogP contribution in [-0.4, -0.2) is 67.0 Å². The number of aromatic nitrogens is 2. The van der Waals surface area contributed by atoms with E-state index in [1.807, 2.05) is 36.4 Å². The van der Waals surface area contributed by atoms with Gasteiger partial charge < -0.3 is 19.5 Å². The number of benzene rings is 2. The highest BCUT2D eigenvalue weighted by molar-refractivity contribution is 5.66. The minimum absolute atomic E-state index is 0.0770. The Labute approximate surface area is 217 Å². The Hall–Kier alpha value is -3.77. The number of nitriles is 1. The molecular formula is C29H31N5O3. The molecule has 0 spiro atoms. The van der Waals surface area contributed by atoms with E-state index in [4.69, 9.17) is 14.2 Å². The SMILES string of the molecule is N#Cc1cc(-c2ccnc(Nc3ccc(C=CCN4CCOCC4)cc3)n2)ccc1OC1CCOCC1. The van der Waals surface area contributed by atoms with Crippen LogP contribution in [0.5, 0.6) is 5.75 Å². The minimum atomic E-state index is 0.0770. The molecule has 3 aromatic rings. The Balaban J connectivity index is 1.22. The molecule has 190 valence electrons. The smallest absolute Gasteiger partial charge is 0.227 e. The van der Waals surface area contributed by atoms with E-state index in [0.717, 1.165) is 68.2 Å². The fraction of sp³-hybridized carbons (Fsp3) is 0.345. The molecule has 37 heavy (non-hydrogen) atoms. The number of nitrogens with one attached hydrogen (secondary N) is 1. The van der Waals surface area contributed by atoms with Crippen molar-refractivity contribution in [2.45, 2.75) is 18.9 Å². The Bertz CT molecular complexity index is 1240. The molecule has 0 bridgehead atoms. The molecule has 0 amide bonds. The first-order chi connectivity index (χ1) is 18.3. The van der Waals surface area contributed by atoms with Crippen LogP contribution in [0, 0.1) is 11.3 Å². The van der Waals surface area contributed by atoms with Gasteiger partial charge in [0.2, 0.25) is 5.95 Å². The predicted molar refractivity (Wildman–Crippen MR) is 143 cm³/mol. The Morgan fingerprint density at radius 2 is 1.81 bits per heavy atom. The van der Waals surface area contributed by atoms with Gasteiger partial charge in [0, 0.05) is 49.9 Å². The highest BCUT2D eigenvalue weighted by Crippen LogP contribution is 2.28. The maximum absolute atomic E-state index is 9.70. The lowest BCUT2D eigenvalue weighted by molar-refractivity contribution is 0.0254. The molecule has 3 heterocycles. The van der Waals surface area contributed by atoms with E-state index in [0.29, 0.717) is 30.5 Å². The van der Waals surface area contributed by atoms with E-state index in [-0.39, 0.29) is 6.10 Å². The molecule has 0 unspecified atom stereocenters. The van der Waals surface area contributed by atoms with Crippen molar-refractivity contribution < 1.29 is 14.2 Å². The van der Waals surface area contributed by atoms with Crippen LogP contribution in [0.25, 0.3) is 17.3 Å². The second-order valence-electron chi connectivity index (χ2n) is 9.08.